The van der Waals surface area contributed by atoms with Gasteiger partial charge in [0.05, 0.1) is 0 Å². The summed E-state index contributed by atoms with van der Waals surface area (Å²) < 4.78 is 7.18. The molecule has 5 nitrogen and oxygen atoms in total. The quantitative estimate of drug-likeness (QED) is 0.561. The van der Waals surface area contributed by atoms with Crippen LogP contribution in [-0.4, -0.2) is 14.3 Å². The molecular weight excluding hydrogens is 158 g/mol. The summed E-state index contributed by atoms with van der Waals surface area (Å²) in [5, 5.41) is 3.82. The predicted octanol–water partition coefficient (Wildman–Crippen LogP) is -0.429. The highest BCUT2D eigenvalue weighted by molar-refractivity contribution is 4.97. The zero-order chi connectivity index (χ0) is 9.14. The van der Waals surface area contributed by atoms with E-state index in [9.17, 15) is 4.79 Å². The van der Waals surface area contributed by atoms with Crippen LogP contribution in [0.3, 0.4) is 0 Å². The number of aryl methyl sites for hydroxylation is 1. The van der Waals surface area contributed by atoms with Gasteiger partial charge in [-0.3, -0.25) is 0 Å². The maximum Gasteiger partial charge on any atom is 0.348 e. The van der Waals surface area contributed by atoms with Gasteiger partial charge < -0.3 is 4.74 Å². The van der Waals surface area contributed by atoms with E-state index in [1.807, 2.05) is 13.0 Å². The molecule has 0 amide bonds. The molecular formula is C7H9N3O2. The van der Waals surface area contributed by atoms with Gasteiger partial charge in [-0.05, 0) is 6.92 Å². The summed E-state index contributed by atoms with van der Waals surface area (Å²) >= 11 is 0. The molecule has 0 aliphatic rings. The Bertz CT molecular complexity index is 369. The van der Waals surface area contributed by atoms with Gasteiger partial charge in [-0.1, -0.05) is 6.42 Å². The summed E-state index contributed by atoms with van der Waals surface area (Å²) in [7, 11) is 1.55. The standard InChI is InChI=1S/C7H9N3O2/c1-4-10-7(11)9(3)6(8-10)12-5-2/h2H,4H2,1,3H3. The molecule has 0 N–H and O–H groups in total. The Morgan fingerprint density at radius 3 is 2.83 bits per heavy atom. The molecule has 1 heterocycles. The van der Waals surface area contributed by atoms with E-state index < -0.39 is 0 Å². The number of hydrogen-bond acceptors (Lipinski definition) is 3. The monoisotopic (exact) mass is 167 g/mol. The first-order valence-electron chi connectivity index (χ1n) is 3.47. The fourth-order valence-electron chi connectivity index (χ4n) is 0.816. The zero-order valence-electron chi connectivity index (χ0n) is 6.94. The first kappa shape index (κ1) is 8.40. The SMILES string of the molecule is C#COc1nn(CC)c(=O)n1C. The largest absolute Gasteiger partial charge is 0.370 e. The molecule has 1 aromatic heterocycles. The van der Waals surface area contributed by atoms with Crippen molar-refractivity contribution in [2.24, 2.45) is 7.05 Å². The number of rotatable bonds is 2. The molecule has 0 radical (unpaired) electrons. The number of aromatic nitrogens is 3. The predicted molar refractivity (Wildman–Crippen MR) is 42.6 cm³/mol. The molecule has 1 rings (SSSR count). The third kappa shape index (κ3) is 1.19. The smallest absolute Gasteiger partial charge is 0.348 e. The second-order valence-corrected chi connectivity index (χ2v) is 2.16. The molecule has 0 spiro atoms. The van der Waals surface area contributed by atoms with E-state index in [0.29, 0.717) is 6.54 Å². The van der Waals surface area contributed by atoms with Gasteiger partial charge in [0, 0.05) is 13.6 Å². The summed E-state index contributed by atoms with van der Waals surface area (Å²) in [6.45, 7) is 2.31. The molecule has 0 aromatic carbocycles. The molecule has 0 bridgehead atoms. The summed E-state index contributed by atoms with van der Waals surface area (Å²) in [4.78, 5) is 11.2. The van der Waals surface area contributed by atoms with Gasteiger partial charge in [0.25, 0.3) is 0 Å². The lowest BCUT2D eigenvalue weighted by Crippen LogP contribution is -2.22. The van der Waals surface area contributed by atoms with Crippen LogP contribution in [0.1, 0.15) is 6.92 Å². The highest BCUT2D eigenvalue weighted by Crippen LogP contribution is 1.98. The second-order valence-electron chi connectivity index (χ2n) is 2.16. The zero-order valence-corrected chi connectivity index (χ0v) is 6.94. The van der Waals surface area contributed by atoms with Gasteiger partial charge in [-0.2, -0.15) is 0 Å². The molecule has 0 atom stereocenters. The Hall–Kier alpha value is -1.70. The van der Waals surface area contributed by atoms with Gasteiger partial charge in [0.2, 0.25) is 0 Å². The Morgan fingerprint density at radius 2 is 2.42 bits per heavy atom. The molecule has 0 saturated heterocycles. The van der Waals surface area contributed by atoms with Crippen LogP contribution in [0.2, 0.25) is 0 Å². The minimum Gasteiger partial charge on any atom is -0.370 e. The van der Waals surface area contributed by atoms with Crippen LogP contribution >= 0.6 is 0 Å². The molecule has 0 aliphatic heterocycles. The van der Waals surface area contributed by atoms with Gasteiger partial charge in [-0.15, -0.1) is 5.10 Å². The van der Waals surface area contributed by atoms with Gasteiger partial charge in [0.1, 0.15) is 6.11 Å². The van der Waals surface area contributed by atoms with Crippen molar-refractivity contribution in [3.05, 3.63) is 10.5 Å². The molecule has 0 unspecified atom stereocenters. The van der Waals surface area contributed by atoms with E-state index in [1.165, 1.54) is 9.25 Å². The van der Waals surface area contributed by atoms with Gasteiger partial charge in [-0.25, -0.2) is 14.0 Å². The van der Waals surface area contributed by atoms with Crippen molar-refractivity contribution in [3.63, 3.8) is 0 Å². The minimum atomic E-state index is -0.234. The lowest BCUT2D eigenvalue weighted by Gasteiger charge is -1.90. The highest BCUT2D eigenvalue weighted by atomic mass is 16.5. The van der Waals surface area contributed by atoms with Crippen LogP contribution in [0, 0.1) is 12.5 Å². The molecule has 0 aliphatic carbocycles. The minimum absolute atomic E-state index is 0.143. The first-order valence-corrected chi connectivity index (χ1v) is 3.47. The second kappa shape index (κ2) is 3.13. The van der Waals surface area contributed by atoms with Crippen LogP contribution in [0.5, 0.6) is 6.01 Å². The number of ether oxygens (including phenoxy) is 1. The van der Waals surface area contributed by atoms with E-state index in [-0.39, 0.29) is 11.7 Å². The van der Waals surface area contributed by atoms with Crippen LogP contribution in [0.15, 0.2) is 4.79 Å². The summed E-state index contributed by atoms with van der Waals surface area (Å²) in [6.07, 6.45) is 6.85. The molecule has 0 saturated carbocycles. The number of nitrogens with zero attached hydrogens (tertiary/aromatic N) is 3. The lowest BCUT2D eigenvalue weighted by molar-refractivity contribution is 0.446. The topological polar surface area (TPSA) is 49.1 Å². The third-order valence-corrected chi connectivity index (χ3v) is 1.45. The van der Waals surface area contributed by atoms with Crippen molar-refractivity contribution in [2.45, 2.75) is 13.5 Å². The van der Waals surface area contributed by atoms with Crippen LogP contribution in [0.4, 0.5) is 0 Å². The fraction of sp³-hybridized carbons (Fsp3) is 0.429. The van der Waals surface area contributed by atoms with E-state index in [1.54, 1.807) is 7.05 Å². The van der Waals surface area contributed by atoms with E-state index in [2.05, 4.69) is 9.84 Å². The molecule has 12 heavy (non-hydrogen) atoms. The van der Waals surface area contributed by atoms with Crippen molar-refractivity contribution in [2.75, 3.05) is 0 Å². The van der Waals surface area contributed by atoms with E-state index >= 15 is 0 Å². The van der Waals surface area contributed by atoms with E-state index in [4.69, 9.17) is 6.42 Å². The normalized spacial score (nSPS) is 9.42. The van der Waals surface area contributed by atoms with Crippen LogP contribution in [-0.2, 0) is 13.6 Å². The molecule has 5 heteroatoms. The van der Waals surface area contributed by atoms with Crippen molar-refractivity contribution in [3.8, 4) is 18.5 Å². The maximum atomic E-state index is 11.2. The van der Waals surface area contributed by atoms with Crippen molar-refractivity contribution in [1.82, 2.24) is 14.3 Å². The average Bonchev–Trinajstić information content (AvgIpc) is 2.33. The Morgan fingerprint density at radius 1 is 1.75 bits per heavy atom. The summed E-state index contributed by atoms with van der Waals surface area (Å²) in [6, 6.07) is 0.143. The van der Waals surface area contributed by atoms with Gasteiger partial charge in [0.15, 0.2) is 0 Å². The lowest BCUT2D eigenvalue weighted by atomic mass is 10.8. The van der Waals surface area contributed by atoms with Crippen LogP contribution < -0.4 is 10.4 Å². The summed E-state index contributed by atoms with van der Waals surface area (Å²) in [5.41, 5.74) is -0.234. The number of hydrogen-bond donors (Lipinski definition) is 0. The van der Waals surface area contributed by atoms with E-state index in [0.717, 1.165) is 0 Å². The van der Waals surface area contributed by atoms with Crippen molar-refractivity contribution >= 4 is 0 Å². The third-order valence-electron chi connectivity index (χ3n) is 1.45. The number of terminal acetylenes is 1. The first-order chi connectivity index (χ1) is 5.70. The van der Waals surface area contributed by atoms with Crippen molar-refractivity contribution in [1.29, 1.82) is 0 Å². The molecule has 64 valence electrons. The Labute approximate surface area is 69.6 Å². The summed E-state index contributed by atoms with van der Waals surface area (Å²) in [5.74, 6) is 0. The van der Waals surface area contributed by atoms with Gasteiger partial charge >= 0.3 is 11.7 Å². The molecule has 0 fully saturated rings. The van der Waals surface area contributed by atoms with Crippen LogP contribution in [0.25, 0.3) is 0 Å². The Kier molecular flexibility index (Phi) is 2.19. The highest BCUT2D eigenvalue weighted by Gasteiger charge is 2.08. The fourth-order valence-corrected chi connectivity index (χ4v) is 0.816. The van der Waals surface area contributed by atoms with Crippen molar-refractivity contribution < 1.29 is 4.74 Å². The average molecular weight is 167 g/mol. The maximum absolute atomic E-state index is 11.2. The molecule has 1 aromatic rings. The Balaban J connectivity index is 3.18.